The maximum Gasteiger partial charge on any atom is 0.338 e. The van der Waals surface area contributed by atoms with Crippen LogP contribution >= 0.6 is 27.5 Å². The summed E-state index contributed by atoms with van der Waals surface area (Å²) in [4.78, 5) is 22.7. The molecule has 0 aliphatic carbocycles. The Labute approximate surface area is 113 Å². The van der Waals surface area contributed by atoms with Gasteiger partial charge in [0, 0.05) is 10.9 Å². The van der Waals surface area contributed by atoms with Crippen molar-refractivity contribution in [3.8, 4) is 0 Å². The molecule has 0 aliphatic heterocycles. The van der Waals surface area contributed by atoms with Gasteiger partial charge in [0.05, 0.1) is 18.1 Å². The molecule has 0 radical (unpaired) electrons. The highest BCUT2D eigenvalue weighted by molar-refractivity contribution is 9.10. The topological polar surface area (TPSA) is 43.4 Å². The van der Waals surface area contributed by atoms with E-state index in [-0.39, 0.29) is 24.1 Å². The molecule has 0 spiro atoms. The maximum atomic E-state index is 11.5. The van der Waals surface area contributed by atoms with Crippen molar-refractivity contribution in [2.45, 2.75) is 13.3 Å². The summed E-state index contributed by atoms with van der Waals surface area (Å²) >= 11 is 8.76. The van der Waals surface area contributed by atoms with Gasteiger partial charge in [-0.1, -0.05) is 22.0 Å². The zero-order chi connectivity index (χ0) is 12.8. The Morgan fingerprint density at radius 2 is 2.12 bits per heavy atom. The van der Waals surface area contributed by atoms with Crippen LogP contribution in [0.3, 0.4) is 0 Å². The molecular weight excluding hydrogens is 307 g/mol. The Balaban J connectivity index is 2.86. The molecule has 3 nitrogen and oxygen atoms in total. The molecule has 0 atom stereocenters. The van der Waals surface area contributed by atoms with Gasteiger partial charge in [0.1, 0.15) is 0 Å². The average Bonchev–Trinajstić information content (AvgIpc) is 2.31. The van der Waals surface area contributed by atoms with Crippen LogP contribution in [0, 0.1) is 0 Å². The molecule has 0 bridgehead atoms. The van der Waals surface area contributed by atoms with Gasteiger partial charge in [-0.15, -0.1) is 11.6 Å². The van der Waals surface area contributed by atoms with Gasteiger partial charge in [0.25, 0.3) is 0 Å². The van der Waals surface area contributed by atoms with Crippen molar-refractivity contribution in [1.29, 1.82) is 0 Å². The van der Waals surface area contributed by atoms with Gasteiger partial charge in [-0.2, -0.15) is 0 Å². The second kappa shape index (κ2) is 6.77. The standard InChI is InChI=1S/C12H12BrClO3/c1-2-17-12(16)9-4-3-8(11(13)6-9)5-10(15)7-14/h3-4,6H,2,5,7H2,1H3. The second-order valence-corrected chi connectivity index (χ2v) is 4.50. The highest BCUT2D eigenvalue weighted by Gasteiger charge is 2.11. The fourth-order valence-corrected chi connectivity index (χ4v) is 1.91. The molecule has 0 aliphatic rings. The lowest BCUT2D eigenvalue weighted by Gasteiger charge is -2.06. The normalized spacial score (nSPS) is 10.1. The van der Waals surface area contributed by atoms with Crippen molar-refractivity contribution in [1.82, 2.24) is 0 Å². The van der Waals surface area contributed by atoms with E-state index in [4.69, 9.17) is 16.3 Å². The van der Waals surface area contributed by atoms with Crippen molar-refractivity contribution in [3.05, 3.63) is 33.8 Å². The number of hydrogen-bond acceptors (Lipinski definition) is 3. The largest absolute Gasteiger partial charge is 0.462 e. The van der Waals surface area contributed by atoms with E-state index in [2.05, 4.69) is 15.9 Å². The predicted octanol–water partition coefficient (Wildman–Crippen LogP) is 2.98. The van der Waals surface area contributed by atoms with Gasteiger partial charge in [-0.25, -0.2) is 4.79 Å². The number of esters is 1. The Hall–Kier alpha value is -0.870. The van der Waals surface area contributed by atoms with Gasteiger partial charge in [-0.05, 0) is 24.6 Å². The van der Waals surface area contributed by atoms with Crippen molar-refractivity contribution >= 4 is 39.3 Å². The third kappa shape index (κ3) is 4.13. The molecular formula is C12H12BrClO3. The number of carbonyl (C=O) groups excluding carboxylic acids is 2. The smallest absolute Gasteiger partial charge is 0.338 e. The van der Waals surface area contributed by atoms with Crippen LogP contribution < -0.4 is 0 Å². The van der Waals surface area contributed by atoms with Gasteiger partial charge in [-0.3, -0.25) is 4.79 Å². The fraction of sp³-hybridized carbons (Fsp3) is 0.333. The minimum atomic E-state index is -0.372. The molecule has 0 heterocycles. The summed E-state index contributed by atoms with van der Waals surface area (Å²) in [7, 11) is 0. The lowest BCUT2D eigenvalue weighted by atomic mass is 10.1. The predicted molar refractivity (Wildman–Crippen MR) is 69.5 cm³/mol. The monoisotopic (exact) mass is 318 g/mol. The minimum absolute atomic E-state index is 0.00787. The van der Waals surface area contributed by atoms with Crippen LogP contribution in [0.5, 0.6) is 0 Å². The number of ether oxygens (including phenoxy) is 1. The van der Waals surface area contributed by atoms with E-state index in [1.165, 1.54) is 0 Å². The Kier molecular flexibility index (Phi) is 5.65. The van der Waals surface area contributed by atoms with Crippen molar-refractivity contribution < 1.29 is 14.3 Å². The summed E-state index contributed by atoms with van der Waals surface area (Å²) in [5.74, 6) is -0.439. The minimum Gasteiger partial charge on any atom is -0.462 e. The molecule has 5 heteroatoms. The summed E-state index contributed by atoms with van der Waals surface area (Å²) in [6, 6.07) is 5.01. The SMILES string of the molecule is CCOC(=O)c1ccc(CC(=O)CCl)c(Br)c1. The number of carbonyl (C=O) groups is 2. The van der Waals surface area contributed by atoms with Gasteiger partial charge >= 0.3 is 5.97 Å². The van der Waals surface area contributed by atoms with Crippen LogP contribution in [0.1, 0.15) is 22.8 Å². The molecule has 0 unspecified atom stereocenters. The molecule has 0 saturated carbocycles. The number of benzene rings is 1. The number of Topliss-reactive ketones (excluding diaryl/α,β-unsaturated/α-hetero) is 1. The van der Waals surface area contributed by atoms with Crippen molar-refractivity contribution in [2.24, 2.45) is 0 Å². The van der Waals surface area contributed by atoms with E-state index in [1.54, 1.807) is 25.1 Å². The lowest BCUT2D eigenvalue weighted by Crippen LogP contribution is -2.07. The first-order valence-electron chi connectivity index (χ1n) is 5.11. The van der Waals surface area contributed by atoms with E-state index in [0.29, 0.717) is 16.6 Å². The quantitative estimate of drug-likeness (QED) is 0.619. The molecule has 0 N–H and O–H groups in total. The number of hydrogen-bond donors (Lipinski definition) is 0. The number of alkyl halides is 1. The number of halogens is 2. The molecule has 1 rings (SSSR count). The van der Waals surface area contributed by atoms with Crippen molar-refractivity contribution in [2.75, 3.05) is 12.5 Å². The molecule has 17 heavy (non-hydrogen) atoms. The lowest BCUT2D eigenvalue weighted by molar-refractivity contribution is -0.116. The first-order valence-corrected chi connectivity index (χ1v) is 6.44. The summed E-state index contributed by atoms with van der Waals surface area (Å²) in [6.45, 7) is 2.09. The molecule has 1 aromatic rings. The first-order chi connectivity index (χ1) is 8.08. The summed E-state index contributed by atoms with van der Waals surface area (Å²) in [5, 5.41) is 0. The zero-order valence-corrected chi connectivity index (χ0v) is 11.7. The third-order valence-corrected chi connectivity index (χ3v) is 3.14. The van der Waals surface area contributed by atoms with Crippen LogP contribution in [-0.4, -0.2) is 24.2 Å². The first kappa shape index (κ1) is 14.2. The Bertz CT molecular complexity index is 432. The number of ketones is 1. The Morgan fingerprint density at radius 1 is 1.41 bits per heavy atom. The molecule has 0 fully saturated rings. The molecule has 0 amide bonds. The van der Waals surface area contributed by atoms with Crippen LogP contribution in [0.2, 0.25) is 0 Å². The highest BCUT2D eigenvalue weighted by atomic mass is 79.9. The highest BCUT2D eigenvalue weighted by Crippen LogP contribution is 2.20. The van der Waals surface area contributed by atoms with E-state index in [0.717, 1.165) is 5.56 Å². The van der Waals surface area contributed by atoms with E-state index in [9.17, 15) is 9.59 Å². The van der Waals surface area contributed by atoms with Crippen LogP contribution in [0.25, 0.3) is 0 Å². The maximum absolute atomic E-state index is 11.5. The second-order valence-electron chi connectivity index (χ2n) is 3.38. The van der Waals surface area contributed by atoms with Gasteiger partial charge in [0.15, 0.2) is 5.78 Å². The van der Waals surface area contributed by atoms with Crippen LogP contribution in [0.15, 0.2) is 22.7 Å². The van der Waals surface area contributed by atoms with Crippen molar-refractivity contribution in [3.63, 3.8) is 0 Å². The van der Waals surface area contributed by atoms with E-state index >= 15 is 0 Å². The third-order valence-electron chi connectivity index (χ3n) is 2.10. The molecule has 0 saturated heterocycles. The summed E-state index contributed by atoms with van der Waals surface area (Å²) < 4.78 is 5.59. The van der Waals surface area contributed by atoms with Crippen LogP contribution in [-0.2, 0) is 16.0 Å². The van der Waals surface area contributed by atoms with Gasteiger partial charge < -0.3 is 4.74 Å². The fourth-order valence-electron chi connectivity index (χ4n) is 1.29. The molecule has 92 valence electrons. The summed E-state index contributed by atoms with van der Waals surface area (Å²) in [5.41, 5.74) is 1.27. The van der Waals surface area contributed by atoms with E-state index in [1.807, 2.05) is 0 Å². The average molecular weight is 320 g/mol. The van der Waals surface area contributed by atoms with Crippen LogP contribution in [0.4, 0.5) is 0 Å². The number of rotatable bonds is 5. The zero-order valence-electron chi connectivity index (χ0n) is 9.33. The van der Waals surface area contributed by atoms with Gasteiger partial charge in [0.2, 0.25) is 0 Å². The van der Waals surface area contributed by atoms with E-state index < -0.39 is 0 Å². The Morgan fingerprint density at radius 3 is 2.65 bits per heavy atom. The molecule has 0 aromatic heterocycles. The molecule has 1 aromatic carbocycles. The summed E-state index contributed by atoms with van der Waals surface area (Å²) in [6.07, 6.45) is 0.257.